The third-order valence-electron chi connectivity index (χ3n) is 3.95. The Morgan fingerprint density at radius 3 is 3.00 bits per heavy atom. The lowest BCUT2D eigenvalue weighted by atomic mass is 9.79. The number of rotatable bonds is 1. The van der Waals surface area contributed by atoms with Gasteiger partial charge in [-0.2, -0.15) is 4.98 Å². The van der Waals surface area contributed by atoms with E-state index in [9.17, 15) is 4.79 Å². The summed E-state index contributed by atoms with van der Waals surface area (Å²) in [7, 11) is 0. The van der Waals surface area contributed by atoms with Crippen molar-refractivity contribution in [2.45, 2.75) is 26.3 Å². The maximum atomic E-state index is 12.6. The predicted molar refractivity (Wildman–Crippen MR) is 80.8 cm³/mol. The van der Waals surface area contributed by atoms with E-state index in [-0.39, 0.29) is 23.2 Å². The SMILES string of the molecule is CC1(C)CN(C(=O)c2nc3ncc(Br)cn3n2)CCC1N. The zero-order valence-electron chi connectivity index (χ0n) is 12.0. The Morgan fingerprint density at radius 2 is 2.29 bits per heavy atom. The Morgan fingerprint density at radius 1 is 1.52 bits per heavy atom. The molecule has 21 heavy (non-hydrogen) atoms. The van der Waals surface area contributed by atoms with Crippen LogP contribution in [0.1, 0.15) is 30.9 Å². The number of aromatic nitrogens is 4. The Labute approximate surface area is 130 Å². The van der Waals surface area contributed by atoms with Crippen LogP contribution in [-0.4, -0.2) is 49.5 Å². The molecular weight excluding hydrogens is 336 g/mol. The molecule has 0 radical (unpaired) electrons. The average Bonchev–Trinajstić information content (AvgIpc) is 2.83. The summed E-state index contributed by atoms with van der Waals surface area (Å²) in [6, 6.07) is 0.105. The van der Waals surface area contributed by atoms with E-state index in [1.807, 2.05) is 0 Å². The minimum atomic E-state index is -0.170. The fourth-order valence-corrected chi connectivity index (χ4v) is 2.83. The summed E-state index contributed by atoms with van der Waals surface area (Å²) < 4.78 is 2.28. The van der Waals surface area contributed by atoms with Crippen molar-refractivity contribution in [2.75, 3.05) is 13.1 Å². The van der Waals surface area contributed by atoms with Crippen LogP contribution in [0.15, 0.2) is 16.9 Å². The van der Waals surface area contributed by atoms with Crippen molar-refractivity contribution in [3.63, 3.8) is 0 Å². The van der Waals surface area contributed by atoms with Crippen LogP contribution in [0.4, 0.5) is 0 Å². The normalized spacial score (nSPS) is 21.7. The summed E-state index contributed by atoms with van der Waals surface area (Å²) in [5.41, 5.74) is 6.00. The number of nitrogens with zero attached hydrogens (tertiary/aromatic N) is 5. The van der Waals surface area contributed by atoms with Gasteiger partial charge in [-0.25, -0.2) is 9.50 Å². The molecule has 0 aliphatic carbocycles. The second-order valence-corrected chi connectivity index (χ2v) is 6.98. The van der Waals surface area contributed by atoms with E-state index < -0.39 is 0 Å². The number of likely N-dealkylation sites (tertiary alicyclic amines) is 1. The van der Waals surface area contributed by atoms with Gasteiger partial charge < -0.3 is 10.6 Å². The van der Waals surface area contributed by atoms with Crippen molar-refractivity contribution in [3.8, 4) is 0 Å². The summed E-state index contributed by atoms with van der Waals surface area (Å²) >= 11 is 3.32. The number of carbonyl (C=O) groups is 1. The van der Waals surface area contributed by atoms with Crippen LogP contribution in [0.2, 0.25) is 0 Å². The van der Waals surface area contributed by atoms with Gasteiger partial charge in [0.15, 0.2) is 0 Å². The summed E-state index contributed by atoms with van der Waals surface area (Å²) in [6.45, 7) is 5.40. The van der Waals surface area contributed by atoms with Crippen molar-refractivity contribution >= 4 is 27.6 Å². The van der Waals surface area contributed by atoms with E-state index in [1.54, 1.807) is 17.3 Å². The average molecular weight is 353 g/mol. The molecule has 0 bridgehead atoms. The lowest BCUT2D eigenvalue weighted by Gasteiger charge is -2.42. The standard InChI is InChI=1S/C13H17BrN6O/c1-13(2)7-19(4-3-9(13)15)11(21)10-17-12-16-5-8(14)6-20(12)18-10/h5-6,9H,3-4,7,15H2,1-2H3. The van der Waals surface area contributed by atoms with Crippen molar-refractivity contribution in [2.24, 2.45) is 11.1 Å². The lowest BCUT2D eigenvalue weighted by molar-refractivity contribution is 0.0521. The molecule has 1 atom stereocenters. The first-order valence-electron chi connectivity index (χ1n) is 6.79. The van der Waals surface area contributed by atoms with Crippen molar-refractivity contribution in [1.82, 2.24) is 24.5 Å². The molecule has 0 spiro atoms. The van der Waals surface area contributed by atoms with Crippen molar-refractivity contribution in [1.29, 1.82) is 0 Å². The fraction of sp³-hybridized carbons (Fsp3) is 0.538. The zero-order valence-corrected chi connectivity index (χ0v) is 13.5. The summed E-state index contributed by atoms with van der Waals surface area (Å²) in [4.78, 5) is 22.6. The quantitative estimate of drug-likeness (QED) is 0.829. The smallest absolute Gasteiger partial charge is 0.293 e. The van der Waals surface area contributed by atoms with Crippen LogP contribution in [0.3, 0.4) is 0 Å². The first-order valence-corrected chi connectivity index (χ1v) is 7.59. The van der Waals surface area contributed by atoms with Gasteiger partial charge in [-0.3, -0.25) is 4.79 Å². The van der Waals surface area contributed by atoms with Gasteiger partial charge in [0.05, 0.1) is 4.47 Å². The van der Waals surface area contributed by atoms with Crippen molar-refractivity contribution < 1.29 is 4.79 Å². The molecule has 2 aromatic rings. The Balaban J connectivity index is 1.87. The molecule has 1 unspecified atom stereocenters. The van der Waals surface area contributed by atoms with Crippen LogP contribution < -0.4 is 5.73 Å². The Bertz CT molecular complexity index is 697. The predicted octanol–water partition coefficient (Wildman–Crippen LogP) is 1.09. The van der Waals surface area contributed by atoms with E-state index >= 15 is 0 Å². The van der Waals surface area contributed by atoms with Gasteiger partial charge >= 0.3 is 0 Å². The maximum absolute atomic E-state index is 12.6. The molecule has 8 heteroatoms. The number of hydrogen-bond donors (Lipinski definition) is 1. The van der Waals surface area contributed by atoms with Gasteiger partial charge in [0.25, 0.3) is 11.7 Å². The monoisotopic (exact) mass is 352 g/mol. The molecule has 3 heterocycles. The van der Waals surface area contributed by atoms with E-state index in [4.69, 9.17) is 5.73 Å². The molecule has 1 saturated heterocycles. The Hall–Kier alpha value is -1.54. The minimum Gasteiger partial charge on any atom is -0.335 e. The van der Waals surface area contributed by atoms with Crippen molar-refractivity contribution in [3.05, 3.63) is 22.7 Å². The highest BCUT2D eigenvalue weighted by atomic mass is 79.9. The molecule has 1 amide bonds. The molecule has 2 aromatic heterocycles. The third kappa shape index (κ3) is 2.65. The highest BCUT2D eigenvalue weighted by Crippen LogP contribution is 2.28. The Kier molecular flexibility index (Phi) is 3.45. The molecule has 1 aliphatic rings. The molecule has 2 N–H and O–H groups in total. The number of nitrogens with two attached hydrogens (primary N) is 1. The molecule has 3 rings (SSSR count). The molecular formula is C13H17BrN6O. The first-order chi connectivity index (χ1) is 9.87. The summed E-state index contributed by atoms with van der Waals surface area (Å²) in [6.07, 6.45) is 4.14. The van der Waals surface area contributed by atoms with Gasteiger partial charge in [-0.1, -0.05) is 13.8 Å². The van der Waals surface area contributed by atoms with Crippen LogP contribution in [-0.2, 0) is 0 Å². The van der Waals surface area contributed by atoms with E-state index in [0.717, 1.165) is 10.9 Å². The van der Waals surface area contributed by atoms with E-state index in [2.05, 4.69) is 44.8 Å². The summed E-state index contributed by atoms with van der Waals surface area (Å²) in [5, 5.41) is 4.21. The third-order valence-corrected chi connectivity index (χ3v) is 4.36. The number of carbonyl (C=O) groups excluding carboxylic acids is 1. The minimum absolute atomic E-state index is 0.103. The molecule has 0 aromatic carbocycles. The van der Waals surface area contributed by atoms with Gasteiger partial charge in [0, 0.05) is 31.5 Å². The molecule has 0 saturated carbocycles. The number of amides is 1. The summed E-state index contributed by atoms with van der Waals surface area (Å²) in [5.74, 6) is 0.415. The van der Waals surface area contributed by atoms with Crippen LogP contribution in [0.25, 0.3) is 5.78 Å². The van der Waals surface area contributed by atoms with Gasteiger partial charge in [0.2, 0.25) is 5.82 Å². The highest BCUT2D eigenvalue weighted by Gasteiger charge is 2.36. The topological polar surface area (TPSA) is 89.4 Å². The highest BCUT2D eigenvalue weighted by molar-refractivity contribution is 9.10. The number of hydrogen-bond acceptors (Lipinski definition) is 5. The largest absolute Gasteiger partial charge is 0.335 e. The number of piperidine rings is 1. The van der Waals surface area contributed by atoms with Gasteiger partial charge in [-0.05, 0) is 27.8 Å². The van der Waals surface area contributed by atoms with E-state index in [0.29, 0.717) is 18.9 Å². The van der Waals surface area contributed by atoms with Crippen LogP contribution in [0, 0.1) is 5.41 Å². The second-order valence-electron chi connectivity index (χ2n) is 6.06. The molecule has 1 aliphatic heterocycles. The van der Waals surface area contributed by atoms with Crippen LogP contribution >= 0.6 is 15.9 Å². The van der Waals surface area contributed by atoms with Gasteiger partial charge in [0.1, 0.15) is 0 Å². The number of fused-ring (bicyclic) bond motifs is 1. The fourth-order valence-electron chi connectivity index (χ4n) is 2.54. The molecule has 112 valence electrons. The number of halogens is 1. The molecule has 7 nitrogen and oxygen atoms in total. The zero-order chi connectivity index (χ0) is 15.2. The first kappa shape index (κ1) is 14.4. The van der Waals surface area contributed by atoms with Gasteiger partial charge in [-0.15, -0.1) is 5.10 Å². The molecule has 1 fully saturated rings. The second kappa shape index (κ2) is 5.03. The lowest BCUT2D eigenvalue weighted by Crippen LogP contribution is -2.54. The maximum Gasteiger partial charge on any atom is 0.293 e. The van der Waals surface area contributed by atoms with E-state index in [1.165, 1.54) is 4.52 Å². The van der Waals surface area contributed by atoms with Crippen LogP contribution in [0.5, 0.6) is 0 Å².